The second-order valence-electron chi connectivity index (χ2n) is 2.54. The maximum Gasteiger partial charge on any atom is 0.335 e. The second kappa shape index (κ2) is 4.07. The molecule has 0 heterocycles. The van der Waals surface area contributed by atoms with Crippen LogP contribution in [0.4, 0.5) is 4.39 Å². The van der Waals surface area contributed by atoms with Gasteiger partial charge < -0.3 is 5.11 Å². The van der Waals surface area contributed by atoms with Gasteiger partial charge in [0.15, 0.2) is 0 Å². The monoisotopic (exact) mass is 213 g/mol. The van der Waals surface area contributed by atoms with Crippen LogP contribution in [0, 0.1) is 17.1 Å². The summed E-state index contributed by atoms with van der Waals surface area (Å²) < 4.78 is 13.1. The van der Waals surface area contributed by atoms with Gasteiger partial charge in [0.05, 0.1) is 11.1 Å². The maximum absolute atomic E-state index is 13.1. The zero-order chi connectivity index (χ0) is 10.7. The number of carboxylic acids is 1. The summed E-state index contributed by atoms with van der Waals surface area (Å²) in [6.45, 7) is 0. The number of rotatable bonds is 2. The first-order chi connectivity index (χ1) is 6.60. The van der Waals surface area contributed by atoms with Crippen LogP contribution in [0.5, 0.6) is 0 Å². The summed E-state index contributed by atoms with van der Waals surface area (Å²) in [4.78, 5) is 10.5. The fourth-order valence-corrected chi connectivity index (χ4v) is 1.23. The first-order valence-electron chi connectivity index (χ1n) is 3.62. The van der Waals surface area contributed by atoms with E-state index >= 15 is 0 Å². The molecular formula is C9H5ClFNO2. The van der Waals surface area contributed by atoms with Crippen LogP contribution >= 0.6 is 11.6 Å². The lowest BCUT2D eigenvalue weighted by molar-refractivity contribution is 0.0696. The van der Waals surface area contributed by atoms with Crippen LogP contribution < -0.4 is 0 Å². The van der Waals surface area contributed by atoms with Gasteiger partial charge in [-0.2, -0.15) is 5.26 Å². The van der Waals surface area contributed by atoms with Gasteiger partial charge in [-0.15, -0.1) is 11.6 Å². The average molecular weight is 214 g/mol. The molecule has 72 valence electrons. The molecule has 1 aromatic carbocycles. The van der Waals surface area contributed by atoms with Crippen molar-refractivity contribution < 1.29 is 14.3 Å². The molecule has 0 atom stereocenters. The molecule has 1 N–H and O–H groups in total. The van der Waals surface area contributed by atoms with Crippen molar-refractivity contribution in [1.29, 1.82) is 5.26 Å². The molecule has 0 aromatic heterocycles. The van der Waals surface area contributed by atoms with E-state index in [1.54, 1.807) is 6.07 Å². The molecule has 0 aliphatic rings. The van der Waals surface area contributed by atoms with Crippen LogP contribution in [-0.2, 0) is 5.88 Å². The van der Waals surface area contributed by atoms with Gasteiger partial charge in [-0.1, -0.05) is 0 Å². The van der Waals surface area contributed by atoms with Crippen molar-refractivity contribution in [1.82, 2.24) is 0 Å². The summed E-state index contributed by atoms with van der Waals surface area (Å²) in [6.07, 6.45) is 0. The molecular weight excluding hydrogens is 209 g/mol. The Balaban J connectivity index is 3.40. The molecule has 0 radical (unpaired) electrons. The van der Waals surface area contributed by atoms with Gasteiger partial charge in [0.1, 0.15) is 11.9 Å². The number of carboxylic acid groups (broad SMARTS) is 1. The Bertz CT molecular complexity index is 426. The third kappa shape index (κ3) is 1.83. The Morgan fingerprint density at radius 3 is 2.71 bits per heavy atom. The molecule has 0 fully saturated rings. The van der Waals surface area contributed by atoms with Crippen molar-refractivity contribution in [2.75, 3.05) is 0 Å². The third-order valence-corrected chi connectivity index (χ3v) is 1.96. The van der Waals surface area contributed by atoms with Crippen molar-refractivity contribution in [2.45, 2.75) is 5.88 Å². The van der Waals surface area contributed by atoms with E-state index in [4.69, 9.17) is 22.0 Å². The molecule has 5 heteroatoms. The molecule has 1 aromatic rings. The summed E-state index contributed by atoms with van der Waals surface area (Å²) in [6, 6.07) is 3.62. The fourth-order valence-electron chi connectivity index (χ4n) is 1.02. The van der Waals surface area contributed by atoms with Crippen molar-refractivity contribution in [3.05, 3.63) is 34.6 Å². The number of carbonyl (C=O) groups is 1. The molecule has 3 nitrogen and oxygen atoms in total. The highest BCUT2D eigenvalue weighted by molar-refractivity contribution is 6.17. The summed E-state index contributed by atoms with van der Waals surface area (Å²) in [7, 11) is 0. The minimum Gasteiger partial charge on any atom is -0.478 e. The number of nitrogens with zero attached hydrogens (tertiary/aromatic N) is 1. The molecule has 0 spiro atoms. The van der Waals surface area contributed by atoms with Crippen LogP contribution in [0.2, 0.25) is 0 Å². The molecule has 0 unspecified atom stereocenters. The number of hydrogen-bond acceptors (Lipinski definition) is 2. The Morgan fingerprint density at radius 1 is 1.64 bits per heavy atom. The van der Waals surface area contributed by atoms with Gasteiger partial charge in [0.25, 0.3) is 0 Å². The number of hydrogen-bond donors (Lipinski definition) is 1. The molecule has 14 heavy (non-hydrogen) atoms. The molecule has 0 aliphatic carbocycles. The van der Waals surface area contributed by atoms with Gasteiger partial charge >= 0.3 is 5.97 Å². The fraction of sp³-hybridized carbons (Fsp3) is 0.111. The van der Waals surface area contributed by atoms with Crippen molar-refractivity contribution >= 4 is 17.6 Å². The van der Waals surface area contributed by atoms with Gasteiger partial charge in [0, 0.05) is 5.88 Å². The lowest BCUT2D eigenvalue weighted by atomic mass is 10.1. The predicted molar refractivity (Wildman–Crippen MR) is 47.6 cm³/mol. The smallest absolute Gasteiger partial charge is 0.335 e. The van der Waals surface area contributed by atoms with E-state index in [0.29, 0.717) is 0 Å². The molecule has 1 rings (SSSR count). The van der Waals surface area contributed by atoms with E-state index in [9.17, 15) is 9.18 Å². The summed E-state index contributed by atoms with van der Waals surface area (Å²) in [5.74, 6) is -2.20. The summed E-state index contributed by atoms with van der Waals surface area (Å²) in [5, 5.41) is 17.2. The lowest BCUT2D eigenvalue weighted by Gasteiger charge is -2.02. The molecule has 0 amide bonds. The van der Waals surface area contributed by atoms with Crippen LogP contribution in [-0.4, -0.2) is 11.1 Å². The molecule has 0 bridgehead atoms. The topological polar surface area (TPSA) is 61.1 Å². The van der Waals surface area contributed by atoms with E-state index in [1.807, 2.05) is 0 Å². The largest absolute Gasteiger partial charge is 0.478 e. The number of nitriles is 1. The molecule has 0 saturated carbocycles. The van der Waals surface area contributed by atoms with Gasteiger partial charge in [0.2, 0.25) is 0 Å². The highest BCUT2D eigenvalue weighted by Crippen LogP contribution is 2.17. The lowest BCUT2D eigenvalue weighted by Crippen LogP contribution is -2.01. The molecule has 0 aliphatic heterocycles. The minimum atomic E-state index is -1.25. The second-order valence-corrected chi connectivity index (χ2v) is 2.81. The van der Waals surface area contributed by atoms with E-state index in [1.165, 1.54) is 6.07 Å². The van der Waals surface area contributed by atoms with E-state index in [-0.39, 0.29) is 22.6 Å². The molecule has 0 saturated heterocycles. The standard InChI is InChI=1S/C9H5ClFNO2/c10-3-6-1-5(9(13)14)2-8(11)7(6)4-12/h1-2H,3H2,(H,13,14). The number of alkyl halides is 1. The van der Waals surface area contributed by atoms with Crippen molar-refractivity contribution in [2.24, 2.45) is 0 Å². The summed E-state index contributed by atoms with van der Waals surface area (Å²) >= 11 is 5.45. The average Bonchev–Trinajstić information content (AvgIpc) is 2.16. The SMILES string of the molecule is N#Cc1c(F)cc(C(=O)O)cc1CCl. The van der Waals surface area contributed by atoms with Crippen LogP contribution in [0.1, 0.15) is 21.5 Å². The Hall–Kier alpha value is -1.60. The van der Waals surface area contributed by atoms with Gasteiger partial charge in [-0.05, 0) is 17.7 Å². The van der Waals surface area contributed by atoms with Crippen LogP contribution in [0.15, 0.2) is 12.1 Å². The number of halogens is 2. The predicted octanol–water partition coefficient (Wildman–Crippen LogP) is 2.13. The summed E-state index contributed by atoms with van der Waals surface area (Å²) in [5.41, 5.74) is -0.228. The number of benzene rings is 1. The quantitative estimate of drug-likeness (QED) is 0.766. The Kier molecular flexibility index (Phi) is 3.05. The number of aromatic carboxylic acids is 1. The van der Waals surface area contributed by atoms with Crippen molar-refractivity contribution in [3.8, 4) is 6.07 Å². The minimum absolute atomic E-state index is 0.0963. The maximum atomic E-state index is 13.1. The Labute approximate surface area is 84.3 Å². The first kappa shape index (κ1) is 10.5. The highest BCUT2D eigenvalue weighted by Gasteiger charge is 2.13. The van der Waals surface area contributed by atoms with Crippen molar-refractivity contribution in [3.63, 3.8) is 0 Å². The zero-order valence-corrected chi connectivity index (χ0v) is 7.68. The third-order valence-electron chi connectivity index (χ3n) is 1.67. The van der Waals surface area contributed by atoms with E-state index < -0.39 is 11.8 Å². The van der Waals surface area contributed by atoms with E-state index in [0.717, 1.165) is 6.07 Å². The first-order valence-corrected chi connectivity index (χ1v) is 4.15. The van der Waals surface area contributed by atoms with Gasteiger partial charge in [-0.3, -0.25) is 0 Å². The normalized spacial score (nSPS) is 9.50. The van der Waals surface area contributed by atoms with Crippen LogP contribution in [0.25, 0.3) is 0 Å². The zero-order valence-electron chi connectivity index (χ0n) is 6.92. The van der Waals surface area contributed by atoms with E-state index in [2.05, 4.69) is 0 Å². The van der Waals surface area contributed by atoms with Gasteiger partial charge in [-0.25, -0.2) is 9.18 Å². The Morgan fingerprint density at radius 2 is 2.29 bits per heavy atom. The van der Waals surface area contributed by atoms with Crippen LogP contribution in [0.3, 0.4) is 0 Å². The highest BCUT2D eigenvalue weighted by atomic mass is 35.5.